The molecular weight excluding hydrogens is 566 g/mol. The molecule has 1 aromatic heterocycles. The molecule has 3 aliphatic rings. The van der Waals surface area contributed by atoms with Crippen LogP contribution in [0.1, 0.15) is 60.4 Å². The van der Waals surface area contributed by atoms with E-state index < -0.39 is 0 Å². The second-order valence-corrected chi connectivity index (χ2v) is 11.8. The zero-order valence-electron chi connectivity index (χ0n) is 18.8. The van der Waals surface area contributed by atoms with Crippen molar-refractivity contribution in [3.8, 4) is 0 Å². The minimum absolute atomic E-state index is 0.237. The van der Waals surface area contributed by atoms with Crippen LogP contribution in [0.15, 0.2) is 33.3 Å². The summed E-state index contributed by atoms with van der Waals surface area (Å²) in [5.41, 5.74) is 5.18. The van der Waals surface area contributed by atoms with Gasteiger partial charge in [-0.3, -0.25) is 9.78 Å². The number of carbonyl (C=O) groups excluding carboxylic acids is 1. The predicted molar refractivity (Wildman–Crippen MR) is 140 cm³/mol. The fraction of sp³-hybridized carbons (Fsp3) is 0.538. The molecule has 0 bridgehead atoms. The van der Waals surface area contributed by atoms with Gasteiger partial charge in [-0.15, -0.1) is 0 Å². The third-order valence-electron chi connectivity index (χ3n) is 7.76. The smallest absolute Gasteiger partial charge is 0.222 e. The van der Waals surface area contributed by atoms with Crippen molar-refractivity contribution in [3.05, 3.63) is 60.7 Å². The SMILES string of the molecule is O=C(CC1CCNCC1)N1CCC([C@H]2c3ccc(Cl)c(Br)c3CCc3cc(Br)cnc32)CC1. The van der Waals surface area contributed by atoms with E-state index in [2.05, 4.69) is 54.2 Å². The largest absolute Gasteiger partial charge is 0.343 e. The average Bonchev–Trinajstić information content (AvgIpc) is 2.99. The van der Waals surface area contributed by atoms with Gasteiger partial charge in [-0.05, 0) is 124 Å². The molecule has 2 aliphatic heterocycles. The lowest BCUT2D eigenvalue weighted by atomic mass is 9.76. The maximum Gasteiger partial charge on any atom is 0.222 e. The molecule has 2 fully saturated rings. The zero-order valence-corrected chi connectivity index (χ0v) is 22.7. The average molecular weight is 596 g/mol. The number of hydrogen-bond acceptors (Lipinski definition) is 3. The molecule has 4 nitrogen and oxygen atoms in total. The van der Waals surface area contributed by atoms with Crippen LogP contribution in [0.4, 0.5) is 0 Å². The minimum atomic E-state index is 0.237. The molecule has 0 unspecified atom stereocenters. The van der Waals surface area contributed by atoms with E-state index in [0.29, 0.717) is 24.2 Å². The summed E-state index contributed by atoms with van der Waals surface area (Å²) in [6.07, 6.45) is 8.82. The van der Waals surface area contributed by atoms with Crippen LogP contribution in [0.5, 0.6) is 0 Å². The van der Waals surface area contributed by atoms with E-state index in [4.69, 9.17) is 16.6 Å². The van der Waals surface area contributed by atoms with Crippen LogP contribution in [-0.4, -0.2) is 42.0 Å². The summed E-state index contributed by atoms with van der Waals surface area (Å²) in [4.78, 5) is 20.0. The summed E-state index contributed by atoms with van der Waals surface area (Å²) in [5.74, 6) is 1.59. The molecule has 2 aromatic rings. The third-order valence-corrected chi connectivity index (χ3v) is 9.64. The number of nitrogens with one attached hydrogen (secondary N) is 1. The highest BCUT2D eigenvalue weighted by molar-refractivity contribution is 9.10. The first-order chi connectivity index (χ1) is 16.0. The summed E-state index contributed by atoms with van der Waals surface area (Å²) >= 11 is 13.9. The Morgan fingerprint density at radius 3 is 2.64 bits per heavy atom. The zero-order chi connectivity index (χ0) is 22.9. The Bertz CT molecular complexity index is 1030. The van der Waals surface area contributed by atoms with Crippen molar-refractivity contribution in [1.29, 1.82) is 0 Å². The van der Waals surface area contributed by atoms with Gasteiger partial charge in [0.05, 0.1) is 10.7 Å². The van der Waals surface area contributed by atoms with Crippen LogP contribution in [0.3, 0.4) is 0 Å². The predicted octanol–water partition coefficient (Wildman–Crippen LogP) is 6.12. The number of aryl methyl sites for hydroxylation is 1. The van der Waals surface area contributed by atoms with Gasteiger partial charge in [0.15, 0.2) is 0 Å². The van der Waals surface area contributed by atoms with Gasteiger partial charge in [-0.1, -0.05) is 17.7 Å². The number of aromatic nitrogens is 1. The number of piperidine rings is 2. The van der Waals surface area contributed by atoms with Crippen molar-refractivity contribution in [1.82, 2.24) is 15.2 Å². The number of rotatable bonds is 3. The highest BCUT2D eigenvalue weighted by Crippen LogP contribution is 2.45. The number of amides is 1. The van der Waals surface area contributed by atoms with Crippen LogP contribution >= 0.6 is 43.5 Å². The quantitative estimate of drug-likeness (QED) is 0.465. The molecule has 33 heavy (non-hydrogen) atoms. The fourth-order valence-corrected chi connectivity index (χ4v) is 7.07. The molecule has 1 amide bonds. The Kier molecular flexibility index (Phi) is 7.46. The van der Waals surface area contributed by atoms with Crippen LogP contribution in [0.25, 0.3) is 0 Å². The first kappa shape index (κ1) is 23.8. The molecule has 1 N–H and O–H groups in total. The number of likely N-dealkylation sites (tertiary alicyclic amines) is 1. The molecule has 2 saturated heterocycles. The summed E-state index contributed by atoms with van der Waals surface area (Å²) in [6.45, 7) is 3.79. The molecule has 0 spiro atoms. The van der Waals surface area contributed by atoms with Crippen molar-refractivity contribution in [2.24, 2.45) is 11.8 Å². The van der Waals surface area contributed by atoms with Crippen LogP contribution < -0.4 is 5.32 Å². The van der Waals surface area contributed by atoms with Gasteiger partial charge in [0, 0.05) is 40.6 Å². The van der Waals surface area contributed by atoms with E-state index in [1.54, 1.807) is 0 Å². The number of nitrogens with zero attached hydrogens (tertiary/aromatic N) is 2. The lowest BCUT2D eigenvalue weighted by molar-refractivity contribution is -0.133. The second kappa shape index (κ2) is 10.3. The first-order valence-electron chi connectivity index (χ1n) is 12.1. The highest BCUT2D eigenvalue weighted by atomic mass is 79.9. The van der Waals surface area contributed by atoms with E-state index in [-0.39, 0.29) is 5.92 Å². The topological polar surface area (TPSA) is 45.2 Å². The number of fused-ring (bicyclic) bond motifs is 2. The van der Waals surface area contributed by atoms with E-state index in [1.807, 2.05) is 12.3 Å². The van der Waals surface area contributed by atoms with E-state index in [1.165, 1.54) is 22.4 Å². The van der Waals surface area contributed by atoms with E-state index in [0.717, 1.165) is 78.7 Å². The van der Waals surface area contributed by atoms with Crippen LogP contribution in [0.2, 0.25) is 5.02 Å². The molecule has 7 heteroatoms. The molecule has 3 heterocycles. The van der Waals surface area contributed by atoms with Gasteiger partial charge in [-0.25, -0.2) is 0 Å². The van der Waals surface area contributed by atoms with E-state index in [9.17, 15) is 4.79 Å². The second-order valence-electron chi connectivity index (χ2n) is 9.72. The molecule has 1 aliphatic carbocycles. The highest BCUT2D eigenvalue weighted by Gasteiger charge is 2.36. The summed E-state index contributed by atoms with van der Waals surface area (Å²) < 4.78 is 2.05. The maximum absolute atomic E-state index is 13.0. The Morgan fingerprint density at radius 1 is 1.12 bits per heavy atom. The standard InChI is InChI=1S/C26H30Br2ClN3O/c27-19-14-18-1-2-21-20(3-4-22(29)25(21)28)24(26(18)31-15-19)17-7-11-32(12-8-17)23(33)13-16-5-9-30-10-6-16/h3-4,14-17,24,30H,1-2,5-13H2/t24-/m0/s1. The number of carbonyl (C=O) groups is 1. The number of benzene rings is 1. The summed E-state index contributed by atoms with van der Waals surface area (Å²) in [7, 11) is 0. The summed E-state index contributed by atoms with van der Waals surface area (Å²) in [5, 5.41) is 4.17. The van der Waals surface area contributed by atoms with E-state index >= 15 is 0 Å². The van der Waals surface area contributed by atoms with Crippen LogP contribution in [-0.2, 0) is 17.6 Å². The lowest BCUT2D eigenvalue weighted by Crippen LogP contribution is -2.41. The fourth-order valence-electron chi connectivity index (χ4n) is 5.95. The minimum Gasteiger partial charge on any atom is -0.343 e. The molecule has 176 valence electrons. The number of hydrogen-bond donors (Lipinski definition) is 1. The Balaban J connectivity index is 1.38. The van der Waals surface area contributed by atoms with Crippen molar-refractivity contribution in [2.45, 2.75) is 50.9 Å². The molecular formula is C26H30Br2ClN3O. The van der Waals surface area contributed by atoms with Crippen molar-refractivity contribution < 1.29 is 4.79 Å². The Morgan fingerprint density at radius 2 is 1.88 bits per heavy atom. The van der Waals surface area contributed by atoms with Gasteiger partial charge in [-0.2, -0.15) is 0 Å². The Hall–Kier alpha value is -0.950. The summed E-state index contributed by atoms with van der Waals surface area (Å²) in [6, 6.07) is 6.45. The number of halogens is 3. The monoisotopic (exact) mass is 593 g/mol. The Labute approximate surface area is 218 Å². The van der Waals surface area contributed by atoms with Gasteiger partial charge in [0.2, 0.25) is 5.91 Å². The van der Waals surface area contributed by atoms with Crippen molar-refractivity contribution in [3.63, 3.8) is 0 Å². The molecule has 1 aromatic carbocycles. The maximum atomic E-state index is 13.0. The van der Waals surface area contributed by atoms with Crippen LogP contribution in [0, 0.1) is 11.8 Å². The number of pyridine rings is 1. The van der Waals surface area contributed by atoms with Gasteiger partial charge < -0.3 is 10.2 Å². The lowest BCUT2D eigenvalue weighted by Gasteiger charge is -2.37. The van der Waals surface area contributed by atoms with Gasteiger partial charge >= 0.3 is 0 Å². The van der Waals surface area contributed by atoms with Gasteiger partial charge in [0.1, 0.15) is 0 Å². The van der Waals surface area contributed by atoms with Crippen molar-refractivity contribution >= 4 is 49.4 Å². The van der Waals surface area contributed by atoms with Gasteiger partial charge in [0.25, 0.3) is 0 Å². The molecule has 1 atom stereocenters. The first-order valence-corrected chi connectivity index (χ1v) is 14.1. The third kappa shape index (κ3) is 5.05. The molecule has 0 radical (unpaired) electrons. The molecule has 0 saturated carbocycles. The van der Waals surface area contributed by atoms with Crippen molar-refractivity contribution in [2.75, 3.05) is 26.2 Å². The normalized spacial score (nSPS) is 21.9. The molecule has 5 rings (SSSR count).